The molecule has 0 spiro atoms. The number of fused-ring (bicyclic) bond motifs is 1. The van der Waals surface area contributed by atoms with E-state index in [1.807, 2.05) is 18.3 Å². The number of nitrogens with one attached hydrogen (secondary N) is 1. The summed E-state index contributed by atoms with van der Waals surface area (Å²) >= 11 is 0. The third-order valence-corrected chi connectivity index (χ3v) is 5.35. The Morgan fingerprint density at radius 2 is 2.00 bits per heavy atom. The average molecular weight is 316 g/mol. The van der Waals surface area contributed by atoms with Gasteiger partial charge in [-0.05, 0) is 23.5 Å². The summed E-state index contributed by atoms with van der Waals surface area (Å²) in [5.41, 5.74) is 0.995. The number of rotatable bonds is 3. The van der Waals surface area contributed by atoms with Crippen molar-refractivity contribution in [2.24, 2.45) is 11.8 Å². The quantitative estimate of drug-likeness (QED) is 0.859. The van der Waals surface area contributed by atoms with E-state index >= 15 is 0 Å². The zero-order valence-electron chi connectivity index (χ0n) is 13.4. The van der Waals surface area contributed by atoms with Gasteiger partial charge in [0.1, 0.15) is 6.04 Å². The molecule has 0 aromatic carbocycles. The van der Waals surface area contributed by atoms with Gasteiger partial charge in [0.05, 0.1) is 13.2 Å². The highest BCUT2D eigenvalue weighted by atomic mass is 16.5. The first-order valence-electron chi connectivity index (χ1n) is 8.54. The van der Waals surface area contributed by atoms with Crippen LogP contribution in [-0.2, 0) is 9.53 Å². The lowest BCUT2D eigenvalue weighted by Gasteiger charge is -2.35. The number of ether oxygens (including phenoxy) is 1. The van der Waals surface area contributed by atoms with Crippen LogP contribution in [0.5, 0.6) is 0 Å². The lowest BCUT2D eigenvalue weighted by atomic mass is 10.0. The maximum Gasteiger partial charge on any atom is 0.244 e. The van der Waals surface area contributed by atoms with Crippen LogP contribution in [0.3, 0.4) is 0 Å². The fraction of sp³-hybridized carbons (Fsp3) is 0.647. The SMILES string of the molecule is O=C(C(c1cccnc1)N1CCOCC1)N1C[C@H]2CNC[C@H]2C1. The minimum absolute atomic E-state index is 0.223. The zero-order valence-corrected chi connectivity index (χ0v) is 13.4. The van der Waals surface area contributed by atoms with E-state index in [1.54, 1.807) is 6.20 Å². The van der Waals surface area contributed by atoms with Gasteiger partial charge in [-0.3, -0.25) is 14.7 Å². The Morgan fingerprint density at radius 3 is 2.65 bits per heavy atom. The van der Waals surface area contributed by atoms with Crippen LogP contribution in [-0.4, -0.2) is 73.2 Å². The summed E-state index contributed by atoms with van der Waals surface area (Å²) in [6.45, 7) is 6.85. The molecule has 1 unspecified atom stereocenters. The molecular weight excluding hydrogens is 292 g/mol. The van der Waals surface area contributed by atoms with Gasteiger partial charge in [0.25, 0.3) is 0 Å². The van der Waals surface area contributed by atoms with Crippen LogP contribution < -0.4 is 5.32 Å². The normalized spacial score (nSPS) is 29.5. The summed E-state index contributed by atoms with van der Waals surface area (Å²) < 4.78 is 5.46. The molecule has 3 aliphatic rings. The number of amides is 1. The van der Waals surface area contributed by atoms with Gasteiger partial charge in [0, 0.05) is 51.7 Å². The van der Waals surface area contributed by atoms with Gasteiger partial charge in [-0.15, -0.1) is 0 Å². The van der Waals surface area contributed by atoms with Crippen molar-refractivity contribution in [3.63, 3.8) is 0 Å². The van der Waals surface area contributed by atoms with Crippen LogP contribution >= 0.6 is 0 Å². The van der Waals surface area contributed by atoms with Gasteiger partial charge in [-0.1, -0.05) is 6.07 Å². The van der Waals surface area contributed by atoms with Crippen molar-refractivity contribution >= 4 is 5.91 Å². The highest BCUT2D eigenvalue weighted by Gasteiger charge is 2.41. The molecule has 0 saturated carbocycles. The van der Waals surface area contributed by atoms with E-state index < -0.39 is 0 Å². The van der Waals surface area contributed by atoms with E-state index in [0.29, 0.717) is 25.0 Å². The number of nitrogens with zero attached hydrogens (tertiary/aromatic N) is 3. The van der Waals surface area contributed by atoms with Crippen LogP contribution in [0, 0.1) is 11.8 Å². The molecule has 3 atom stereocenters. The van der Waals surface area contributed by atoms with E-state index in [1.165, 1.54) is 0 Å². The number of hydrogen-bond acceptors (Lipinski definition) is 5. The van der Waals surface area contributed by atoms with E-state index in [9.17, 15) is 4.79 Å². The Kier molecular flexibility index (Phi) is 4.29. The first kappa shape index (κ1) is 15.1. The third kappa shape index (κ3) is 2.98. The molecule has 0 aliphatic carbocycles. The maximum absolute atomic E-state index is 13.3. The molecule has 23 heavy (non-hydrogen) atoms. The van der Waals surface area contributed by atoms with Crippen molar-refractivity contribution in [3.05, 3.63) is 30.1 Å². The molecule has 4 heterocycles. The first-order chi connectivity index (χ1) is 11.3. The predicted molar refractivity (Wildman–Crippen MR) is 85.8 cm³/mol. The molecule has 1 aromatic heterocycles. The number of aromatic nitrogens is 1. The lowest BCUT2D eigenvalue weighted by molar-refractivity contribution is -0.138. The van der Waals surface area contributed by atoms with Crippen molar-refractivity contribution in [2.45, 2.75) is 6.04 Å². The van der Waals surface area contributed by atoms with Crippen LogP contribution in [0.25, 0.3) is 0 Å². The van der Waals surface area contributed by atoms with Crippen molar-refractivity contribution in [2.75, 3.05) is 52.5 Å². The Hall–Kier alpha value is -1.50. The number of likely N-dealkylation sites (tertiary alicyclic amines) is 1. The largest absolute Gasteiger partial charge is 0.379 e. The van der Waals surface area contributed by atoms with E-state index in [4.69, 9.17) is 4.74 Å². The van der Waals surface area contributed by atoms with Gasteiger partial charge < -0.3 is 15.0 Å². The Balaban J connectivity index is 1.56. The number of pyridine rings is 1. The first-order valence-corrected chi connectivity index (χ1v) is 8.54. The summed E-state index contributed by atoms with van der Waals surface area (Å²) in [4.78, 5) is 21.8. The summed E-state index contributed by atoms with van der Waals surface area (Å²) in [7, 11) is 0. The molecule has 6 nitrogen and oxygen atoms in total. The number of morpholine rings is 1. The Bertz CT molecular complexity index is 535. The van der Waals surface area contributed by atoms with Crippen molar-refractivity contribution in [3.8, 4) is 0 Å². The Labute approximate surface area is 136 Å². The van der Waals surface area contributed by atoms with Crippen LogP contribution in [0.2, 0.25) is 0 Å². The predicted octanol–water partition coefficient (Wildman–Crippen LogP) is 0.133. The molecule has 0 bridgehead atoms. The molecule has 3 aliphatic heterocycles. The average Bonchev–Trinajstić information content (AvgIpc) is 3.19. The van der Waals surface area contributed by atoms with Gasteiger partial charge in [0.2, 0.25) is 5.91 Å². The standard InChI is InChI=1S/C17H24N4O2/c22-17(21-11-14-9-19-10-15(14)12-21)16(13-2-1-3-18-8-13)20-4-6-23-7-5-20/h1-3,8,14-16,19H,4-7,9-12H2/t14-,15+,16?. The highest BCUT2D eigenvalue weighted by Crippen LogP contribution is 2.31. The molecule has 1 amide bonds. The topological polar surface area (TPSA) is 57.7 Å². The minimum Gasteiger partial charge on any atom is -0.379 e. The molecule has 3 saturated heterocycles. The van der Waals surface area contributed by atoms with Crippen LogP contribution in [0.15, 0.2) is 24.5 Å². The van der Waals surface area contributed by atoms with Crippen LogP contribution in [0.1, 0.15) is 11.6 Å². The van der Waals surface area contributed by atoms with E-state index in [2.05, 4.69) is 20.1 Å². The summed E-state index contributed by atoms with van der Waals surface area (Å²) in [5.74, 6) is 1.48. The molecule has 3 fully saturated rings. The van der Waals surface area contributed by atoms with Crippen LogP contribution in [0.4, 0.5) is 0 Å². The van der Waals surface area contributed by atoms with Crippen molar-refractivity contribution < 1.29 is 9.53 Å². The van der Waals surface area contributed by atoms with E-state index in [0.717, 1.165) is 44.8 Å². The third-order valence-electron chi connectivity index (χ3n) is 5.35. The molecular formula is C17H24N4O2. The molecule has 0 radical (unpaired) electrons. The second-order valence-corrected chi connectivity index (χ2v) is 6.76. The molecule has 124 valence electrons. The minimum atomic E-state index is -0.223. The van der Waals surface area contributed by atoms with Crippen molar-refractivity contribution in [1.29, 1.82) is 0 Å². The van der Waals surface area contributed by atoms with Gasteiger partial charge in [0.15, 0.2) is 0 Å². The monoisotopic (exact) mass is 316 g/mol. The van der Waals surface area contributed by atoms with Gasteiger partial charge >= 0.3 is 0 Å². The number of carbonyl (C=O) groups excluding carboxylic acids is 1. The number of hydrogen-bond donors (Lipinski definition) is 1. The fourth-order valence-electron chi connectivity index (χ4n) is 4.09. The van der Waals surface area contributed by atoms with E-state index in [-0.39, 0.29) is 11.9 Å². The second-order valence-electron chi connectivity index (χ2n) is 6.76. The maximum atomic E-state index is 13.3. The van der Waals surface area contributed by atoms with Gasteiger partial charge in [-0.25, -0.2) is 0 Å². The molecule has 6 heteroatoms. The number of carbonyl (C=O) groups is 1. The zero-order chi connectivity index (χ0) is 15.6. The highest BCUT2D eigenvalue weighted by molar-refractivity contribution is 5.83. The van der Waals surface area contributed by atoms with Gasteiger partial charge in [-0.2, -0.15) is 0 Å². The Morgan fingerprint density at radius 1 is 1.26 bits per heavy atom. The summed E-state index contributed by atoms with van der Waals surface area (Å²) in [5, 5.41) is 3.43. The fourth-order valence-corrected chi connectivity index (χ4v) is 4.09. The summed E-state index contributed by atoms with van der Waals surface area (Å²) in [6.07, 6.45) is 3.59. The lowest BCUT2D eigenvalue weighted by Crippen LogP contribution is -2.47. The molecule has 1 N–H and O–H groups in total. The van der Waals surface area contributed by atoms with Crippen molar-refractivity contribution in [1.82, 2.24) is 20.1 Å². The molecule has 4 rings (SSSR count). The summed E-state index contributed by atoms with van der Waals surface area (Å²) in [6, 6.07) is 3.71. The molecule has 1 aromatic rings. The smallest absolute Gasteiger partial charge is 0.244 e. The second kappa shape index (κ2) is 6.55.